The summed E-state index contributed by atoms with van der Waals surface area (Å²) in [5, 5.41) is 4.65. The van der Waals surface area contributed by atoms with Crippen LogP contribution in [-0.2, 0) is 16.0 Å². The van der Waals surface area contributed by atoms with Gasteiger partial charge in [0.2, 0.25) is 11.8 Å². The highest BCUT2D eigenvalue weighted by Crippen LogP contribution is 2.40. The minimum Gasteiger partial charge on any atom is -0.346 e. The van der Waals surface area contributed by atoms with Crippen LogP contribution in [0, 0.1) is 5.92 Å². The zero-order valence-electron chi connectivity index (χ0n) is 20.4. The van der Waals surface area contributed by atoms with E-state index in [1.807, 2.05) is 4.90 Å². The SMILES string of the molecule is CN1CC[C@@H](C(=O)N(C)[C@@H](c2ccc(N3CCCc4c3cnc3cc(Cl)nn43)cc2)C(F)(F)F)CC1=O. The molecule has 2 aliphatic heterocycles. The first-order valence-corrected chi connectivity index (χ1v) is 12.4. The maximum Gasteiger partial charge on any atom is 0.413 e. The number of alkyl halides is 3. The zero-order chi connectivity index (χ0) is 26.5. The minimum absolute atomic E-state index is 0.0453. The number of carbonyl (C=O) groups excluding carboxylic acids is 2. The van der Waals surface area contributed by atoms with E-state index in [9.17, 15) is 22.8 Å². The quantitative estimate of drug-likeness (QED) is 0.496. The summed E-state index contributed by atoms with van der Waals surface area (Å²) in [5.41, 5.74) is 3.04. The summed E-state index contributed by atoms with van der Waals surface area (Å²) in [6, 6.07) is 5.61. The summed E-state index contributed by atoms with van der Waals surface area (Å²) < 4.78 is 44.4. The Balaban J connectivity index is 1.42. The van der Waals surface area contributed by atoms with E-state index in [0.717, 1.165) is 36.2 Å². The van der Waals surface area contributed by atoms with Crippen LogP contribution in [0.3, 0.4) is 0 Å². The lowest BCUT2D eigenvalue weighted by atomic mass is 9.93. The number of halogens is 4. The van der Waals surface area contributed by atoms with Gasteiger partial charge in [0, 0.05) is 51.3 Å². The summed E-state index contributed by atoms with van der Waals surface area (Å²) in [7, 11) is 2.78. The van der Waals surface area contributed by atoms with E-state index in [0.29, 0.717) is 36.0 Å². The molecular weight excluding hydrogens is 509 g/mol. The van der Waals surface area contributed by atoms with Gasteiger partial charge in [0.05, 0.1) is 17.6 Å². The highest BCUT2D eigenvalue weighted by atomic mass is 35.5. The van der Waals surface area contributed by atoms with Gasteiger partial charge in [-0.25, -0.2) is 9.50 Å². The zero-order valence-corrected chi connectivity index (χ0v) is 21.1. The minimum atomic E-state index is -4.69. The van der Waals surface area contributed by atoms with Crippen LogP contribution >= 0.6 is 11.6 Å². The van der Waals surface area contributed by atoms with Crippen LogP contribution in [0.15, 0.2) is 36.5 Å². The van der Waals surface area contributed by atoms with Gasteiger partial charge in [-0.05, 0) is 37.0 Å². The smallest absolute Gasteiger partial charge is 0.346 e. The van der Waals surface area contributed by atoms with Crippen LogP contribution in [0.5, 0.6) is 0 Å². The molecule has 1 fully saturated rings. The third-order valence-electron chi connectivity index (χ3n) is 7.19. The number of amides is 2. The number of fused-ring (bicyclic) bond motifs is 3. The lowest BCUT2D eigenvalue weighted by Crippen LogP contribution is -2.46. The second-order valence-electron chi connectivity index (χ2n) is 9.57. The second kappa shape index (κ2) is 9.51. The van der Waals surface area contributed by atoms with Gasteiger partial charge in [0.15, 0.2) is 16.8 Å². The van der Waals surface area contributed by atoms with Gasteiger partial charge in [-0.3, -0.25) is 9.59 Å². The van der Waals surface area contributed by atoms with Crippen molar-refractivity contribution in [1.82, 2.24) is 24.4 Å². The molecule has 3 aromatic rings. The van der Waals surface area contributed by atoms with Crippen molar-refractivity contribution in [3.05, 3.63) is 52.9 Å². The van der Waals surface area contributed by atoms with E-state index in [-0.39, 0.29) is 17.9 Å². The van der Waals surface area contributed by atoms with Crippen molar-refractivity contribution in [3.8, 4) is 0 Å². The fraction of sp³-hybridized carbons (Fsp3) is 0.440. The Bertz CT molecular complexity index is 1340. The maximum atomic E-state index is 14.2. The lowest BCUT2D eigenvalue weighted by Gasteiger charge is -2.35. The molecule has 2 amide bonds. The molecule has 8 nitrogen and oxygen atoms in total. The van der Waals surface area contributed by atoms with Crippen molar-refractivity contribution < 1.29 is 22.8 Å². The van der Waals surface area contributed by atoms with Crippen LogP contribution in [-0.4, -0.2) is 69.6 Å². The van der Waals surface area contributed by atoms with E-state index < -0.39 is 24.0 Å². The highest BCUT2D eigenvalue weighted by Gasteiger charge is 2.46. The van der Waals surface area contributed by atoms with Crippen molar-refractivity contribution in [2.24, 2.45) is 5.92 Å². The first-order chi connectivity index (χ1) is 17.5. The number of aromatic nitrogens is 3. The van der Waals surface area contributed by atoms with E-state index in [4.69, 9.17) is 11.6 Å². The summed E-state index contributed by atoms with van der Waals surface area (Å²) in [6.07, 6.45) is -1.11. The molecule has 0 radical (unpaired) electrons. The van der Waals surface area contributed by atoms with Gasteiger partial charge in [-0.15, -0.1) is 0 Å². The molecule has 2 aromatic heterocycles. The average molecular weight is 535 g/mol. The molecule has 196 valence electrons. The molecule has 0 unspecified atom stereocenters. The van der Waals surface area contributed by atoms with E-state index in [1.165, 1.54) is 17.0 Å². The third-order valence-corrected chi connectivity index (χ3v) is 7.38. The number of hydrogen-bond donors (Lipinski definition) is 0. The molecule has 0 saturated carbocycles. The molecule has 1 aromatic carbocycles. The van der Waals surface area contributed by atoms with Crippen LogP contribution in [0.2, 0.25) is 5.15 Å². The van der Waals surface area contributed by atoms with Crippen molar-refractivity contribution in [1.29, 1.82) is 0 Å². The molecule has 0 bridgehead atoms. The van der Waals surface area contributed by atoms with Gasteiger partial charge in [-0.1, -0.05) is 23.7 Å². The average Bonchev–Trinajstić information content (AvgIpc) is 3.25. The van der Waals surface area contributed by atoms with Gasteiger partial charge < -0.3 is 14.7 Å². The molecular formula is C25H26ClF3N6O2. The molecule has 5 rings (SSSR count). The molecule has 1 saturated heterocycles. The number of piperidine rings is 1. The summed E-state index contributed by atoms with van der Waals surface area (Å²) in [5.74, 6) is -1.68. The number of hydrogen-bond acceptors (Lipinski definition) is 5. The van der Waals surface area contributed by atoms with Crippen LogP contribution in [0.4, 0.5) is 24.5 Å². The van der Waals surface area contributed by atoms with E-state index >= 15 is 0 Å². The van der Waals surface area contributed by atoms with Crippen molar-refractivity contribution in [3.63, 3.8) is 0 Å². The first kappa shape index (κ1) is 25.3. The van der Waals surface area contributed by atoms with Gasteiger partial charge in [0.25, 0.3) is 0 Å². The number of carbonyl (C=O) groups is 2. The Morgan fingerprint density at radius 1 is 1.22 bits per heavy atom. The highest BCUT2D eigenvalue weighted by molar-refractivity contribution is 6.29. The number of rotatable bonds is 4. The van der Waals surface area contributed by atoms with Crippen LogP contribution in [0.25, 0.3) is 5.65 Å². The standard InChI is InChI=1S/C25H26ClF3N6O2/c1-32-11-9-16(12-22(32)36)24(37)33(2)23(25(27,28)29)15-5-7-17(8-6-15)34-10-3-4-18-19(34)14-30-21-13-20(26)31-35(18)21/h5-8,13-14,16,23H,3-4,9-12H2,1-2H3/t16-,23+/m1/s1. The van der Waals surface area contributed by atoms with Gasteiger partial charge in [-0.2, -0.15) is 18.3 Å². The predicted molar refractivity (Wildman–Crippen MR) is 132 cm³/mol. The third kappa shape index (κ3) is 4.72. The Labute approximate surface area is 216 Å². The van der Waals surface area contributed by atoms with Crippen LogP contribution < -0.4 is 4.90 Å². The Hall–Kier alpha value is -3.34. The topological polar surface area (TPSA) is 74.1 Å². The molecule has 2 aliphatic rings. The van der Waals surface area contributed by atoms with E-state index in [2.05, 4.69) is 10.1 Å². The predicted octanol–water partition coefficient (Wildman–Crippen LogP) is 4.40. The number of aryl methyl sites for hydroxylation is 1. The van der Waals surface area contributed by atoms with Gasteiger partial charge >= 0.3 is 6.18 Å². The Morgan fingerprint density at radius 3 is 2.62 bits per heavy atom. The Morgan fingerprint density at radius 2 is 1.95 bits per heavy atom. The first-order valence-electron chi connectivity index (χ1n) is 12.0. The molecule has 12 heteroatoms. The number of likely N-dealkylation sites (tertiary alicyclic amines) is 1. The van der Waals surface area contributed by atoms with Gasteiger partial charge in [0.1, 0.15) is 0 Å². The number of anilines is 2. The maximum absolute atomic E-state index is 14.2. The van der Waals surface area contributed by atoms with Crippen molar-refractivity contribution >= 4 is 40.4 Å². The molecule has 0 aliphatic carbocycles. The van der Waals surface area contributed by atoms with Crippen molar-refractivity contribution in [2.45, 2.75) is 37.9 Å². The second-order valence-corrected chi connectivity index (χ2v) is 9.96. The van der Waals surface area contributed by atoms with E-state index in [1.54, 1.807) is 36.0 Å². The fourth-order valence-electron chi connectivity index (χ4n) is 5.23. The molecule has 4 heterocycles. The number of nitrogens with zero attached hydrogens (tertiary/aromatic N) is 6. The molecule has 2 atom stereocenters. The summed E-state index contributed by atoms with van der Waals surface area (Å²) in [6.45, 7) is 1.01. The normalized spacial score (nSPS) is 19.2. The Kier molecular flexibility index (Phi) is 6.51. The summed E-state index contributed by atoms with van der Waals surface area (Å²) in [4.78, 5) is 33.7. The fourth-order valence-corrected chi connectivity index (χ4v) is 5.41. The largest absolute Gasteiger partial charge is 0.413 e. The number of benzene rings is 1. The summed E-state index contributed by atoms with van der Waals surface area (Å²) >= 11 is 6.05. The molecule has 0 spiro atoms. The molecule has 0 N–H and O–H groups in total. The van der Waals surface area contributed by atoms with Crippen LogP contribution in [0.1, 0.15) is 36.6 Å². The monoisotopic (exact) mass is 534 g/mol. The van der Waals surface area contributed by atoms with Crippen molar-refractivity contribution in [2.75, 3.05) is 32.1 Å². The lowest BCUT2D eigenvalue weighted by molar-refractivity contribution is -0.191. The molecule has 37 heavy (non-hydrogen) atoms.